The maximum atomic E-state index is 12.3. The highest BCUT2D eigenvalue weighted by molar-refractivity contribution is 5.84. The average molecular weight is 399 g/mol. The first-order valence-corrected chi connectivity index (χ1v) is 11.0. The average Bonchev–Trinajstić information content (AvgIpc) is 3.20. The van der Waals surface area contributed by atoms with Crippen molar-refractivity contribution in [3.05, 3.63) is 29.3 Å². The second kappa shape index (κ2) is 7.88. The summed E-state index contributed by atoms with van der Waals surface area (Å²) in [5.41, 5.74) is 9.46. The molecule has 2 heterocycles. The molecule has 158 valence electrons. The smallest absolute Gasteiger partial charge is 0.410 e. The van der Waals surface area contributed by atoms with Crippen molar-refractivity contribution in [2.24, 2.45) is 10.7 Å². The summed E-state index contributed by atoms with van der Waals surface area (Å²) in [6.45, 7) is 8.09. The Morgan fingerprint density at radius 3 is 2.48 bits per heavy atom. The third kappa shape index (κ3) is 4.51. The van der Waals surface area contributed by atoms with E-state index in [1.54, 1.807) is 0 Å². The van der Waals surface area contributed by atoms with Crippen LogP contribution in [0.1, 0.15) is 76.3 Å². The van der Waals surface area contributed by atoms with Gasteiger partial charge < -0.3 is 20.3 Å². The van der Waals surface area contributed by atoms with E-state index in [2.05, 4.69) is 28.1 Å². The number of nitrogens with two attached hydrogens (primary N) is 1. The highest BCUT2D eigenvalue weighted by atomic mass is 16.6. The molecule has 0 atom stereocenters. The number of nitrogens with zero attached hydrogens (tertiary/aromatic N) is 3. The molecular formula is C23H34N4O2. The van der Waals surface area contributed by atoms with Crippen LogP contribution in [0.15, 0.2) is 23.2 Å². The van der Waals surface area contributed by atoms with Crippen LogP contribution in [0.4, 0.5) is 10.5 Å². The molecule has 0 bridgehead atoms. The normalized spacial score (nSPS) is 21.1. The Balaban J connectivity index is 1.41. The number of hydrogen-bond acceptors (Lipinski definition) is 5. The fourth-order valence-electron chi connectivity index (χ4n) is 4.80. The van der Waals surface area contributed by atoms with E-state index in [0.29, 0.717) is 17.9 Å². The van der Waals surface area contributed by atoms with Crippen LogP contribution < -0.4 is 5.73 Å². The molecule has 2 aliphatic heterocycles. The van der Waals surface area contributed by atoms with Crippen molar-refractivity contribution in [1.29, 1.82) is 0 Å². The maximum absolute atomic E-state index is 12.3. The van der Waals surface area contributed by atoms with Gasteiger partial charge in [0.2, 0.25) is 0 Å². The van der Waals surface area contributed by atoms with Crippen molar-refractivity contribution in [2.75, 3.05) is 13.1 Å². The van der Waals surface area contributed by atoms with Crippen molar-refractivity contribution >= 4 is 17.7 Å². The Morgan fingerprint density at radius 2 is 1.83 bits per heavy atom. The van der Waals surface area contributed by atoms with Gasteiger partial charge >= 0.3 is 6.09 Å². The van der Waals surface area contributed by atoms with E-state index in [4.69, 9.17) is 10.5 Å². The van der Waals surface area contributed by atoms with Gasteiger partial charge in [-0.1, -0.05) is 25.0 Å². The number of ether oxygens (including phenoxy) is 1. The molecule has 1 saturated carbocycles. The zero-order valence-corrected chi connectivity index (χ0v) is 18.0. The van der Waals surface area contributed by atoms with Crippen molar-refractivity contribution in [3.8, 4) is 0 Å². The molecule has 1 aromatic rings. The van der Waals surface area contributed by atoms with Crippen LogP contribution in [0.2, 0.25) is 0 Å². The van der Waals surface area contributed by atoms with Gasteiger partial charge in [-0.2, -0.15) is 0 Å². The fraction of sp³-hybridized carbons (Fsp3) is 0.652. The molecule has 1 saturated heterocycles. The first-order chi connectivity index (χ1) is 13.8. The minimum atomic E-state index is -0.444. The molecule has 4 rings (SSSR count). The summed E-state index contributed by atoms with van der Waals surface area (Å²) in [7, 11) is 0. The topological polar surface area (TPSA) is 71.2 Å². The summed E-state index contributed by atoms with van der Waals surface area (Å²) in [6, 6.07) is 7.16. The molecule has 1 aliphatic carbocycles. The molecule has 3 aliphatic rings. The zero-order valence-electron chi connectivity index (χ0n) is 18.0. The maximum Gasteiger partial charge on any atom is 0.410 e. The van der Waals surface area contributed by atoms with Crippen LogP contribution in [-0.4, -0.2) is 46.6 Å². The second-order valence-corrected chi connectivity index (χ2v) is 9.67. The fourth-order valence-corrected chi connectivity index (χ4v) is 4.80. The van der Waals surface area contributed by atoms with Crippen LogP contribution in [0, 0.1) is 0 Å². The molecule has 1 amide bonds. The number of amides is 1. The van der Waals surface area contributed by atoms with Crippen LogP contribution >= 0.6 is 0 Å². The van der Waals surface area contributed by atoms with Gasteiger partial charge in [0.15, 0.2) is 5.96 Å². The standard InChI is InChI=1S/C23H34N4O2/c1-23(2,3)29-22(28)26-12-10-16(11-13-26)17-8-9-20-18(14-17)15-27(21(24)25-20)19-6-4-5-7-19/h8-9,14,16,19H,4-7,10-13,15H2,1-3H3,(H2,24,25). The molecule has 2 fully saturated rings. The number of guanidine groups is 1. The van der Waals surface area contributed by atoms with Gasteiger partial charge in [-0.25, -0.2) is 9.79 Å². The van der Waals surface area contributed by atoms with Crippen LogP contribution in [0.3, 0.4) is 0 Å². The van der Waals surface area contributed by atoms with E-state index in [1.807, 2.05) is 25.7 Å². The van der Waals surface area contributed by atoms with Crippen LogP contribution in [0.5, 0.6) is 0 Å². The monoisotopic (exact) mass is 398 g/mol. The molecule has 6 nitrogen and oxygen atoms in total. The van der Waals surface area contributed by atoms with Gasteiger partial charge in [0.25, 0.3) is 0 Å². The lowest BCUT2D eigenvalue weighted by molar-refractivity contribution is 0.0205. The van der Waals surface area contributed by atoms with E-state index in [0.717, 1.165) is 38.2 Å². The van der Waals surface area contributed by atoms with Crippen molar-refractivity contribution in [2.45, 2.75) is 83.4 Å². The van der Waals surface area contributed by atoms with Crippen molar-refractivity contribution < 1.29 is 9.53 Å². The summed E-state index contributed by atoms with van der Waals surface area (Å²) in [5, 5.41) is 0. The molecule has 0 aromatic heterocycles. The van der Waals surface area contributed by atoms with Gasteiger partial charge in [0.1, 0.15) is 5.60 Å². The van der Waals surface area contributed by atoms with Gasteiger partial charge in [0.05, 0.1) is 5.69 Å². The number of fused-ring (bicyclic) bond motifs is 1. The van der Waals surface area contributed by atoms with Gasteiger partial charge in [0, 0.05) is 25.7 Å². The number of rotatable bonds is 2. The van der Waals surface area contributed by atoms with E-state index in [-0.39, 0.29) is 6.09 Å². The quantitative estimate of drug-likeness (QED) is 0.796. The Labute approximate surface area is 174 Å². The Hall–Kier alpha value is -2.24. The lowest BCUT2D eigenvalue weighted by atomic mass is 9.88. The SMILES string of the molecule is CC(C)(C)OC(=O)N1CCC(c2ccc3c(c2)CN(C2CCCC2)C(N)=N3)CC1. The van der Waals surface area contributed by atoms with Gasteiger partial charge in [-0.05, 0) is 69.6 Å². The Morgan fingerprint density at radius 1 is 1.14 bits per heavy atom. The number of carbonyl (C=O) groups excluding carboxylic acids is 1. The molecular weight excluding hydrogens is 364 g/mol. The lowest BCUT2D eigenvalue weighted by Crippen LogP contribution is -2.44. The van der Waals surface area contributed by atoms with E-state index in [9.17, 15) is 4.79 Å². The number of piperidine rings is 1. The predicted octanol–water partition coefficient (Wildman–Crippen LogP) is 4.51. The summed E-state index contributed by atoms with van der Waals surface area (Å²) in [6.07, 6.45) is 6.75. The number of likely N-dealkylation sites (tertiary alicyclic amines) is 1. The number of hydrogen-bond donors (Lipinski definition) is 1. The third-order valence-electron chi connectivity index (χ3n) is 6.36. The van der Waals surface area contributed by atoms with Gasteiger partial charge in [-0.3, -0.25) is 0 Å². The second-order valence-electron chi connectivity index (χ2n) is 9.67. The molecule has 2 N–H and O–H groups in total. The summed E-state index contributed by atoms with van der Waals surface area (Å²) in [5.74, 6) is 1.14. The summed E-state index contributed by atoms with van der Waals surface area (Å²) >= 11 is 0. The third-order valence-corrected chi connectivity index (χ3v) is 6.36. The Bertz CT molecular complexity index is 785. The Kier molecular flexibility index (Phi) is 5.45. The molecule has 0 unspecified atom stereocenters. The minimum Gasteiger partial charge on any atom is -0.444 e. The summed E-state index contributed by atoms with van der Waals surface area (Å²) < 4.78 is 5.52. The molecule has 0 spiro atoms. The van der Waals surface area contributed by atoms with E-state index in [1.165, 1.54) is 36.8 Å². The number of aliphatic imine (C=N–C) groups is 1. The van der Waals surface area contributed by atoms with Crippen molar-refractivity contribution in [1.82, 2.24) is 9.80 Å². The lowest BCUT2D eigenvalue weighted by Gasteiger charge is -2.35. The van der Waals surface area contributed by atoms with Gasteiger partial charge in [-0.15, -0.1) is 0 Å². The summed E-state index contributed by atoms with van der Waals surface area (Å²) in [4.78, 5) is 21.1. The van der Waals surface area contributed by atoms with E-state index < -0.39 is 5.60 Å². The molecule has 29 heavy (non-hydrogen) atoms. The predicted molar refractivity (Wildman–Crippen MR) is 115 cm³/mol. The number of carbonyl (C=O) groups is 1. The number of benzene rings is 1. The highest BCUT2D eigenvalue weighted by Gasteiger charge is 2.30. The van der Waals surface area contributed by atoms with Crippen molar-refractivity contribution in [3.63, 3.8) is 0 Å². The first kappa shape index (κ1) is 20.0. The largest absolute Gasteiger partial charge is 0.444 e. The highest BCUT2D eigenvalue weighted by Crippen LogP contribution is 2.35. The molecule has 1 aromatic carbocycles. The van der Waals surface area contributed by atoms with Crippen LogP contribution in [-0.2, 0) is 11.3 Å². The van der Waals surface area contributed by atoms with E-state index >= 15 is 0 Å². The first-order valence-electron chi connectivity index (χ1n) is 11.0. The van der Waals surface area contributed by atoms with Crippen LogP contribution in [0.25, 0.3) is 0 Å². The molecule has 6 heteroatoms. The minimum absolute atomic E-state index is 0.196. The molecule has 0 radical (unpaired) electrons. The zero-order chi connectivity index (χ0) is 20.6.